The van der Waals surface area contributed by atoms with Crippen molar-refractivity contribution >= 4 is 0 Å². The molecule has 140 valence electrons. The van der Waals surface area contributed by atoms with Gasteiger partial charge in [-0.1, -0.05) is 95.6 Å². The van der Waals surface area contributed by atoms with Crippen molar-refractivity contribution in [1.82, 2.24) is 15.0 Å². The lowest BCUT2D eigenvalue weighted by Gasteiger charge is -2.03. The van der Waals surface area contributed by atoms with Crippen LogP contribution in [0.5, 0.6) is 0 Å². The molecule has 3 nitrogen and oxygen atoms in total. The Kier molecular flexibility index (Phi) is 12.8. The smallest absolute Gasteiger partial charge is 0.0827 e. The molecule has 1 rings (SSSR count). The molecule has 0 atom stereocenters. The minimum atomic E-state index is 0.419. The lowest BCUT2D eigenvalue weighted by molar-refractivity contribution is 0.514. The van der Waals surface area contributed by atoms with Crippen LogP contribution in [0.4, 0.5) is 0 Å². The number of nitrogens with zero attached hydrogens (tertiary/aromatic N) is 3. The van der Waals surface area contributed by atoms with Crippen LogP contribution in [0.25, 0.3) is 0 Å². The van der Waals surface area contributed by atoms with Gasteiger partial charge in [0.2, 0.25) is 0 Å². The van der Waals surface area contributed by atoms with Gasteiger partial charge in [-0.2, -0.15) is 0 Å². The van der Waals surface area contributed by atoms with E-state index in [0.29, 0.717) is 6.04 Å². The van der Waals surface area contributed by atoms with Gasteiger partial charge < -0.3 is 0 Å². The molecule has 0 spiro atoms. The first-order chi connectivity index (χ1) is 11.7. The van der Waals surface area contributed by atoms with Crippen LogP contribution in [0, 0.1) is 0 Å². The van der Waals surface area contributed by atoms with Gasteiger partial charge >= 0.3 is 0 Å². The zero-order valence-corrected chi connectivity index (χ0v) is 16.6. The van der Waals surface area contributed by atoms with E-state index in [0.717, 1.165) is 12.1 Å². The quantitative estimate of drug-likeness (QED) is 0.308. The second-order valence-electron chi connectivity index (χ2n) is 7.63. The summed E-state index contributed by atoms with van der Waals surface area (Å²) in [5.74, 6) is 0. The summed E-state index contributed by atoms with van der Waals surface area (Å²) in [7, 11) is 0. The summed E-state index contributed by atoms with van der Waals surface area (Å²) in [4.78, 5) is 0. The molecule has 1 aromatic rings. The van der Waals surface area contributed by atoms with Gasteiger partial charge in [0, 0.05) is 12.2 Å². The Balaban J connectivity index is 1.80. The standard InChI is InChI=1S/C21H41N3/c1-4-5-6-7-8-9-10-11-12-13-14-15-16-17-18-21-19-24(20(2)3)23-22-21/h19-20H,4-18H2,1-3H3. The molecule has 24 heavy (non-hydrogen) atoms. The summed E-state index contributed by atoms with van der Waals surface area (Å²) in [5.41, 5.74) is 1.16. The number of aromatic nitrogens is 3. The van der Waals surface area contributed by atoms with Gasteiger partial charge in [-0.3, -0.25) is 0 Å². The molecular weight excluding hydrogens is 294 g/mol. The summed E-state index contributed by atoms with van der Waals surface area (Å²) in [6.07, 6.45) is 23.0. The zero-order valence-electron chi connectivity index (χ0n) is 16.6. The average Bonchev–Trinajstić information content (AvgIpc) is 3.04. The summed E-state index contributed by atoms with van der Waals surface area (Å²) < 4.78 is 1.96. The van der Waals surface area contributed by atoms with E-state index in [2.05, 4.69) is 37.3 Å². The molecular formula is C21H41N3. The fourth-order valence-corrected chi connectivity index (χ4v) is 3.18. The first-order valence-electron chi connectivity index (χ1n) is 10.6. The monoisotopic (exact) mass is 335 g/mol. The van der Waals surface area contributed by atoms with Crippen molar-refractivity contribution < 1.29 is 0 Å². The number of unbranched alkanes of at least 4 members (excludes halogenated alkanes) is 13. The van der Waals surface area contributed by atoms with Crippen molar-refractivity contribution in [2.75, 3.05) is 0 Å². The zero-order chi connectivity index (χ0) is 17.5. The molecule has 0 bridgehead atoms. The van der Waals surface area contributed by atoms with Crippen LogP contribution in [0.15, 0.2) is 6.20 Å². The number of aryl methyl sites for hydroxylation is 1. The number of hydrogen-bond acceptors (Lipinski definition) is 2. The minimum absolute atomic E-state index is 0.419. The topological polar surface area (TPSA) is 30.7 Å². The Hall–Kier alpha value is -0.860. The van der Waals surface area contributed by atoms with E-state index in [1.54, 1.807) is 0 Å². The second-order valence-corrected chi connectivity index (χ2v) is 7.63. The summed E-state index contributed by atoms with van der Waals surface area (Å²) in [5, 5.41) is 8.42. The molecule has 1 aromatic heterocycles. The minimum Gasteiger partial charge on any atom is -0.250 e. The van der Waals surface area contributed by atoms with E-state index in [1.165, 1.54) is 89.9 Å². The molecule has 0 saturated heterocycles. The Labute approximate surface area is 150 Å². The van der Waals surface area contributed by atoms with Crippen molar-refractivity contribution in [3.8, 4) is 0 Å². The van der Waals surface area contributed by atoms with Gasteiger partial charge in [-0.25, -0.2) is 4.68 Å². The molecule has 3 heteroatoms. The van der Waals surface area contributed by atoms with E-state index in [4.69, 9.17) is 0 Å². The van der Waals surface area contributed by atoms with Gasteiger partial charge in [0.05, 0.1) is 5.69 Å². The van der Waals surface area contributed by atoms with Crippen LogP contribution in [0.3, 0.4) is 0 Å². The lowest BCUT2D eigenvalue weighted by Crippen LogP contribution is -2.00. The molecule has 0 aliphatic heterocycles. The van der Waals surface area contributed by atoms with E-state index in [9.17, 15) is 0 Å². The van der Waals surface area contributed by atoms with E-state index in [1.807, 2.05) is 4.68 Å². The fourth-order valence-electron chi connectivity index (χ4n) is 3.18. The van der Waals surface area contributed by atoms with Crippen LogP contribution in [0.2, 0.25) is 0 Å². The Morgan fingerprint density at radius 2 is 1.21 bits per heavy atom. The first-order valence-corrected chi connectivity index (χ1v) is 10.6. The third-order valence-electron chi connectivity index (χ3n) is 4.87. The molecule has 0 N–H and O–H groups in total. The van der Waals surface area contributed by atoms with Crippen molar-refractivity contribution in [3.63, 3.8) is 0 Å². The third kappa shape index (κ3) is 10.8. The van der Waals surface area contributed by atoms with Gasteiger partial charge in [-0.15, -0.1) is 5.10 Å². The normalized spacial score (nSPS) is 11.5. The predicted octanol–water partition coefficient (Wildman–Crippen LogP) is 6.88. The lowest BCUT2D eigenvalue weighted by atomic mass is 10.0. The van der Waals surface area contributed by atoms with E-state index < -0.39 is 0 Å². The van der Waals surface area contributed by atoms with Crippen molar-refractivity contribution in [1.29, 1.82) is 0 Å². The highest BCUT2D eigenvalue weighted by molar-refractivity contribution is 4.92. The Morgan fingerprint density at radius 3 is 1.62 bits per heavy atom. The van der Waals surface area contributed by atoms with Gasteiger partial charge in [0.25, 0.3) is 0 Å². The van der Waals surface area contributed by atoms with E-state index >= 15 is 0 Å². The number of hydrogen-bond donors (Lipinski definition) is 0. The molecule has 0 aromatic carbocycles. The largest absolute Gasteiger partial charge is 0.250 e. The van der Waals surface area contributed by atoms with Crippen molar-refractivity contribution in [3.05, 3.63) is 11.9 Å². The van der Waals surface area contributed by atoms with Crippen LogP contribution in [-0.4, -0.2) is 15.0 Å². The summed E-state index contributed by atoms with van der Waals surface area (Å²) >= 11 is 0. The highest BCUT2D eigenvalue weighted by atomic mass is 15.4. The van der Waals surface area contributed by atoms with Crippen molar-refractivity contribution in [2.24, 2.45) is 0 Å². The van der Waals surface area contributed by atoms with Crippen LogP contribution < -0.4 is 0 Å². The molecule has 0 radical (unpaired) electrons. The molecule has 0 fully saturated rings. The number of rotatable bonds is 16. The van der Waals surface area contributed by atoms with E-state index in [-0.39, 0.29) is 0 Å². The van der Waals surface area contributed by atoms with Crippen LogP contribution in [-0.2, 0) is 6.42 Å². The van der Waals surface area contributed by atoms with Gasteiger partial charge in [0.1, 0.15) is 0 Å². The molecule has 1 heterocycles. The van der Waals surface area contributed by atoms with Gasteiger partial charge in [0.15, 0.2) is 0 Å². The third-order valence-corrected chi connectivity index (χ3v) is 4.87. The Morgan fingerprint density at radius 1 is 0.750 bits per heavy atom. The van der Waals surface area contributed by atoms with Crippen LogP contribution >= 0.6 is 0 Å². The van der Waals surface area contributed by atoms with Crippen molar-refractivity contribution in [2.45, 2.75) is 123 Å². The van der Waals surface area contributed by atoms with Crippen LogP contribution in [0.1, 0.15) is 122 Å². The maximum atomic E-state index is 4.25. The average molecular weight is 336 g/mol. The predicted molar refractivity (Wildman–Crippen MR) is 104 cm³/mol. The summed E-state index contributed by atoms with van der Waals surface area (Å²) in [6.45, 7) is 6.58. The highest BCUT2D eigenvalue weighted by Crippen LogP contribution is 2.13. The first kappa shape index (κ1) is 21.2. The maximum Gasteiger partial charge on any atom is 0.0827 e. The second kappa shape index (κ2) is 14.5. The molecule has 0 aliphatic carbocycles. The maximum absolute atomic E-state index is 4.25. The summed E-state index contributed by atoms with van der Waals surface area (Å²) in [6, 6.07) is 0.419. The molecule has 0 saturated carbocycles. The Bertz CT molecular complexity index is 384. The SMILES string of the molecule is CCCCCCCCCCCCCCCCc1cn(C(C)C)nn1. The highest BCUT2D eigenvalue weighted by Gasteiger charge is 2.03. The molecule has 0 amide bonds. The van der Waals surface area contributed by atoms with Gasteiger partial charge in [-0.05, 0) is 26.7 Å². The molecule has 0 unspecified atom stereocenters. The molecule has 0 aliphatic rings. The fraction of sp³-hybridized carbons (Fsp3) is 0.905.